The van der Waals surface area contributed by atoms with E-state index in [1.807, 2.05) is 18.2 Å². The highest BCUT2D eigenvalue weighted by molar-refractivity contribution is 5.45. The van der Waals surface area contributed by atoms with Crippen molar-refractivity contribution in [1.29, 1.82) is 5.26 Å². The maximum atomic E-state index is 9.09. The standard InChI is InChI=1S/C17H25N3O/c1-21-17-7-6-15(12-16(17)13-18)14-19-8-11-20-9-4-2-3-5-10-20/h6-7,12,19H,2-5,8-11,14H2,1H3. The van der Waals surface area contributed by atoms with Crippen molar-refractivity contribution in [1.82, 2.24) is 10.2 Å². The van der Waals surface area contributed by atoms with E-state index in [9.17, 15) is 0 Å². The Morgan fingerprint density at radius 2 is 2.00 bits per heavy atom. The van der Waals surface area contributed by atoms with E-state index in [0.29, 0.717) is 11.3 Å². The predicted molar refractivity (Wildman–Crippen MR) is 84.3 cm³/mol. The molecule has 0 amide bonds. The van der Waals surface area contributed by atoms with Gasteiger partial charge < -0.3 is 15.0 Å². The summed E-state index contributed by atoms with van der Waals surface area (Å²) in [6.07, 6.45) is 5.44. The zero-order valence-electron chi connectivity index (χ0n) is 12.9. The van der Waals surface area contributed by atoms with Crippen LogP contribution in [0.4, 0.5) is 0 Å². The lowest BCUT2D eigenvalue weighted by molar-refractivity contribution is 0.284. The molecule has 0 unspecified atom stereocenters. The molecule has 1 aliphatic heterocycles. The van der Waals surface area contributed by atoms with Crippen LogP contribution in [0.5, 0.6) is 5.75 Å². The van der Waals surface area contributed by atoms with Crippen LogP contribution in [0.25, 0.3) is 0 Å². The molecule has 1 aromatic rings. The first kappa shape index (κ1) is 15.8. The lowest BCUT2D eigenvalue weighted by Crippen LogP contribution is -2.32. The van der Waals surface area contributed by atoms with Gasteiger partial charge in [0.05, 0.1) is 12.7 Å². The molecule has 0 aromatic heterocycles. The number of ether oxygens (including phenoxy) is 1. The van der Waals surface area contributed by atoms with Gasteiger partial charge in [-0.3, -0.25) is 0 Å². The molecule has 0 atom stereocenters. The van der Waals surface area contributed by atoms with Crippen LogP contribution in [0.1, 0.15) is 36.8 Å². The maximum Gasteiger partial charge on any atom is 0.136 e. The monoisotopic (exact) mass is 287 g/mol. The second kappa shape index (κ2) is 8.66. The largest absolute Gasteiger partial charge is 0.495 e. The van der Waals surface area contributed by atoms with E-state index < -0.39 is 0 Å². The van der Waals surface area contributed by atoms with Crippen LogP contribution in [-0.2, 0) is 6.54 Å². The number of methoxy groups -OCH3 is 1. The molecule has 0 saturated carbocycles. The van der Waals surface area contributed by atoms with Crippen molar-refractivity contribution in [3.8, 4) is 11.8 Å². The summed E-state index contributed by atoms with van der Waals surface area (Å²) in [7, 11) is 1.59. The highest BCUT2D eigenvalue weighted by Crippen LogP contribution is 2.18. The summed E-state index contributed by atoms with van der Waals surface area (Å²) >= 11 is 0. The van der Waals surface area contributed by atoms with Gasteiger partial charge in [-0.05, 0) is 43.6 Å². The van der Waals surface area contributed by atoms with E-state index in [1.54, 1.807) is 7.11 Å². The number of nitrogens with zero attached hydrogens (tertiary/aromatic N) is 2. The number of benzene rings is 1. The summed E-state index contributed by atoms with van der Waals surface area (Å²) in [5.41, 5.74) is 1.73. The molecule has 0 radical (unpaired) electrons. The van der Waals surface area contributed by atoms with Crippen LogP contribution < -0.4 is 10.1 Å². The van der Waals surface area contributed by atoms with Gasteiger partial charge in [0, 0.05) is 19.6 Å². The van der Waals surface area contributed by atoms with Gasteiger partial charge in [-0.25, -0.2) is 0 Å². The Labute approximate surface area is 127 Å². The Bertz CT molecular complexity index is 473. The minimum atomic E-state index is 0.601. The minimum Gasteiger partial charge on any atom is -0.495 e. The Kier molecular flexibility index (Phi) is 6.52. The fraction of sp³-hybridized carbons (Fsp3) is 0.588. The average molecular weight is 287 g/mol. The number of likely N-dealkylation sites (tertiary alicyclic amines) is 1. The van der Waals surface area contributed by atoms with Gasteiger partial charge in [-0.15, -0.1) is 0 Å². The number of hydrogen-bond donors (Lipinski definition) is 1. The summed E-state index contributed by atoms with van der Waals surface area (Å²) in [6, 6.07) is 7.95. The number of nitrogens with one attached hydrogen (secondary N) is 1. The molecule has 1 fully saturated rings. The van der Waals surface area contributed by atoms with Crippen LogP contribution in [-0.4, -0.2) is 38.2 Å². The topological polar surface area (TPSA) is 48.3 Å². The Balaban J connectivity index is 1.74. The van der Waals surface area contributed by atoms with Crippen molar-refractivity contribution >= 4 is 0 Å². The molecule has 1 N–H and O–H groups in total. The third-order valence-electron chi connectivity index (χ3n) is 4.02. The van der Waals surface area contributed by atoms with Gasteiger partial charge >= 0.3 is 0 Å². The third kappa shape index (κ3) is 5.04. The molecule has 1 aromatic carbocycles. The minimum absolute atomic E-state index is 0.601. The third-order valence-corrected chi connectivity index (χ3v) is 4.02. The fourth-order valence-corrected chi connectivity index (χ4v) is 2.78. The summed E-state index contributed by atoms with van der Waals surface area (Å²) in [5.74, 6) is 0.644. The molecular formula is C17H25N3O. The number of hydrogen-bond acceptors (Lipinski definition) is 4. The number of nitriles is 1. The van der Waals surface area contributed by atoms with E-state index in [2.05, 4.69) is 16.3 Å². The molecule has 0 spiro atoms. The quantitative estimate of drug-likeness (QED) is 0.817. The Morgan fingerprint density at radius 3 is 2.67 bits per heavy atom. The van der Waals surface area contributed by atoms with Gasteiger partial charge in [0.25, 0.3) is 0 Å². The number of rotatable bonds is 6. The van der Waals surface area contributed by atoms with Crippen LogP contribution in [0.2, 0.25) is 0 Å². The summed E-state index contributed by atoms with van der Waals surface area (Å²) < 4.78 is 5.16. The van der Waals surface area contributed by atoms with E-state index in [0.717, 1.165) is 25.2 Å². The Hall–Kier alpha value is -1.57. The molecule has 1 aliphatic rings. The van der Waals surface area contributed by atoms with Crippen molar-refractivity contribution in [3.63, 3.8) is 0 Å². The molecule has 21 heavy (non-hydrogen) atoms. The van der Waals surface area contributed by atoms with Gasteiger partial charge in [0.2, 0.25) is 0 Å². The molecule has 2 rings (SSSR count). The van der Waals surface area contributed by atoms with E-state index in [-0.39, 0.29) is 0 Å². The van der Waals surface area contributed by atoms with Crippen LogP contribution >= 0.6 is 0 Å². The first-order valence-electron chi connectivity index (χ1n) is 7.83. The second-order valence-electron chi connectivity index (χ2n) is 5.58. The summed E-state index contributed by atoms with van der Waals surface area (Å²) in [5, 5.41) is 12.6. The van der Waals surface area contributed by atoms with Crippen LogP contribution in [0.15, 0.2) is 18.2 Å². The van der Waals surface area contributed by atoms with Crippen molar-refractivity contribution in [2.24, 2.45) is 0 Å². The van der Waals surface area contributed by atoms with E-state index >= 15 is 0 Å². The van der Waals surface area contributed by atoms with Gasteiger partial charge in [-0.1, -0.05) is 18.9 Å². The van der Waals surface area contributed by atoms with Gasteiger partial charge in [0.15, 0.2) is 0 Å². The van der Waals surface area contributed by atoms with Crippen molar-refractivity contribution in [3.05, 3.63) is 29.3 Å². The molecular weight excluding hydrogens is 262 g/mol. The molecule has 4 heteroatoms. The lowest BCUT2D eigenvalue weighted by Gasteiger charge is -2.19. The lowest BCUT2D eigenvalue weighted by atomic mass is 10.1. The predicted octanol–water partition coefficient (Wildman–Crippen LogP) is 2.53. The summed E-state index contributed by atoms with van der Waals surface area (Å²) in [4.78, 5) is 2.55. The van der Waals surface area contributed by atoms with Crippen molar-refractivity contribution in [2.45, 2.75) is 32.2 Å². The Morgan fingerprint density at radius 1 is 1.24 bits per heavy atom. The molecule has 4 nitrogen and oxygen atoms in total. The smallest absolute Gasteiger partial charge is 0.136 e. The zero-order chi connectivity index (χ0) is 14.9. The first-order chi connectivity index (χ1) is 10.3. The zero-order valence-corrected chi connectivity index (χ0v) is 12.9. The van der Waals surface area contributed by atoms with E-state index in [4.69, 9.17) is 10.00 Å². The van der Waals surface area contributed by atoms with Crippen LogP contribution in [0, 0.1) is 11.3 Å². The van der Waals surface area contributed by atoms with Gasteiger partial charge in [-0.2, -0.15) is 5.26 Å². The van der Waals surface area contributed by atoms with Crippen molar-refractivity contribution < 1.29 is 4.74 Å². The van der Waals surface area contributed by atoms with E-state index in [1.165, 1.54) is 38.8 Å². The fourth-order valence-electron chi connectivity index (χ4n) is 2.78. The average Bonchev–Trinajstić information content (AvgIpc) is 2.80. The van der Waals surface area contributed by atoms with Crippen LogP contribution in [0.3, 0.4) is 0 Å². The molecule has 0 bridgehead atoms. The summed E-state index contributed by atoms with van der Waals surface area (Å²) in [6.45, 7) is 5.38. The normalized spacial score (nSPS) is 16.2. The highest BCUT2D eigenvalue weighted by Gasteiger charge is 2.08. The van der Waals surface area contributed by atoms with Gasteiger partial charge in [0.1, 0.15) is 11.8 Å². The van der Waals surface area contributed by atoms with Crippen molar-refractivity contribution in [2.75, 3.05) is 33.3 Å². The highest BCUT2D eigenvalue weighted by atomic mass is 16.5. The molecule has 1 saturated heterocycles. The molecule has 1 heterocycles. The second-order valence-corrected chi connectivity index (χ2v) is 5.58. The SMILES string of the molecule is COc1ccc(CNCCN2CCCCCC2)cc1C#N. The first-order valence-corrected chi connectivity index (χ1v) is 7.83. The molecule has 114 valence electrons. The maximum absolute atomic E-state index is 9.09. The molecule has 0 aliphatic carbocycles.